The maximum absolute atomic E-state index is 13.9. The van der Waals surface area contributed by atoms with Gasteiger partial charge in [0.05, 0.1) is 33.3 Å². The highest BCUT2D eigenvalue weighted by Gasteiger charge is 2.26. The molecular weight excluding hydrogens is 792 g/mol. The van der Waals surface area contributed by atoms with E-state index in [4.69, 9.17) is 37.6 Å². The molecule has 2 aromatic carbocycles. The summed E-state index contributed by atoms with van der Waals surface area (Å²) in [7, 11) is 1.48. The third-order valence-corrected chi connectivity index (χ3v) is 7.81. The van der Waals surface area contributed by atoms with Crippen molar-refractivity contribution >= 4 is 40.6 Å². The topological polar surface area (TPSA) is 187 Å². The lowest BCUT2D eigenvalue weighted by Crippen LogP contribution is -2.41. The van der Waals surface area contributed by atoms with Gasteiger partial charge in [-0.25, -0.2) is 4.79 Å². The molecule has 16 nitrogen and oxygen atoms in total. The summed E-state index contributed by atoms with van der Waals surface area (Å²) in [5, 5.41) is 0.498. The van der Waals surface area contributed by atoms with Crippen LogP contribution in [0.2, 0.25) is 0 Å². The van der Waals surface area contributed by atoms with E-state index in [0.29, 0.717) is 11.1 Å². The Morgan fingerprint density at radius 2 is 0.984 bits per heavy atom. The minimum Gasteiger partial charge on any atom is -0.497 e. The summed E-state index contributed by atoms with van der Waals surface area (Å²) in [6.45, 7) is 19.8. The molecule has 0 aliphatic heterocycles. The highest BCUT2D eigenvalue weighted by Crippen LogP contribution is 2.30. The number of ketones is 1. The molecule has 61 heavy (non-hydrogen) atoms. The molecule has 3 aromatic rings. The van der Waals surface area contributed by atoms with Gasteiger partial charge in [-0.05, 0) is 119 Å². The number of ether oxygens (including phenoxy) is 7. The van der Waals surface area contributed by atoms with Crippen LogP contribution in [0.25, 0.3) is 11.0 Å². The number of hydrogen-bond donors (Lipinski definition) is 0. The van der Waals surface area contributed by atoms with Crippen LogP contribution in [0.15, 0.2) is 51.7 Å². The SMILES string of the molecule is COc1ccc2cc(C(=O)c3ccc(OCCN(CC(=O)OC(C)(C)C)CC(=O)OC(C)(C)C)c(OCCN(CC(=O)OC(C)(C)C)CC(=O)OC(C)(C)C)c3)c(=O)oc2c1. The summed E-state index contributed by atoms with van der Waals surface area (Å²) < 4.78 is 45.0. The molecule has 0 saturated heterocycles. The number of carbonyl (C=O) groups is 5. The first kappa shape index (κ1) is 49.9. The zero-order valence-electron chi connectivity index (χ0n) is 37.8. The van der Waals surface area contributed by atoms with Crippen LogP contribution in [-0.2, 0) is 38.1 Å². The second-order valence-electron chi connectivity index (χ2n) is 18.3. The first-order valence-electron chi connectivity index (χ1n) is 20.0. The van der Waals surface area contributed by atoms with Crippen molar-refractivity contribution in [2.45, 2.75) is 105 Å². The first-order valence-corrected chi connectivity index (χ1v) is 20.0. The van der Waals surface area contributed by atoms with Crippen LogP contribution in [0.5, 0.6) is 17.2 Å². The van der Waals surface area contributed by atoms with E-state index < -0.39 is 57.7 Å². The molecule has 1 aromatic heterocycles. The molecule has 3 rings (SSSR count). The van der Waals surface area contributed by atoms with Crippen LogP contribution in [0.1, 0.15) is 99.0 Å². The Labute approximate surface area is 357 Å². The van der Waals surface area contributed by atoms with Gasteiger partial charge < -0.3 is 37.6 Å². The second kappa shape index (κ2) is 20.9. The number of carbonyl (C=O) groups excluding carboxylic acids is 5. The zero-order chi connectivity index (χ0) is 45.9. The average molecular weight is 855 g/mol. The fourth-order valence-electron chi connectivity index (χ4n) is 5.64. The normalized spacial score (nSPS) is 12.2. The van der Waals surface area contributed by atoms with Crippen molar-refractivity contribution in [3.63, 3.8) is 0 Å². The van der Waals surface area contributed by atoms with Crippen LogP contribution in [0, 0.1) is 0 Å². The van der Waals surface area contributed by atoms with E-state index >= 15 is 0 Å². The van der Waals surface area contributed by atoms with E-state index in [9.17, 15) is 28.8 Å². The van der Waals surface area contributed by atoms with E-state index in [1.807, 2.05) is 0 Å². The molecule has 0 unspecified atom stereocenters. The lowest BCUT2D eigenvalue weighted by atomic mass is 10.0. The number of nitrogens with zero attached hydrogens (tertiary/aromatic N) is 2. The Morgan fingerprint density at radius 1 is 0.557 bits per heavy atom. The van der Waals surface area contributed by atoms with Crippen molar-refractivity contribution in [3.8, 4) is 17.2 Å². The van der Waals surface area contributed by atoms with Gasteiger partial charge in [-0.2, -0.15) is 0 Å². The molecule has 0 aliphatic carbocycles. The van der Waals surface area contributed by atoms with Crippen molar-refractivity contribution in [2.75, 3.05) is 59.6 Å². The Morgan fingerprint density at radius 3 is 1.39 bits per heavy atom. The highest BCUT2D eigenvalue weighted by molar-refractivity contribution is 6.10. The summed E-state index contributed by atoms with van der Waals surface area (Å²) >= 11 is 0. The van der Waals surface area contributed by atoms with Crippen LogP contribution in [-0.4, -0.2) is 121 Å². The summed E-state index contributed by atoms with van der Waals surface area (Å²) in [6.07, 6.45) is 0. The summed E-state index contributed by atoms with van der Waals surface area (Å²) in [6, 6.07) is 10.7. The van der Waals surface area contributed by atoms with Crippen LogP contribution < -0.4 is 19.8 Å². The van der Waals surface area contributed by atoms with Crippen molar-refractivity contribution < 1.29 is 61.5 Å². The molecule has 0 bridgehead atoms. The van der Waals surface area contributed by atoms with Crippen LogP contribution >= 0.6 is 0 Å². The fraction of sp³-hybridized carbons (Fsp3) is 0.556. The van der Waals surface area contributed by atoms with Gasteiger partial charge in [-0.15, -0.1) is 0 Å². The van der Waals surface area contributed by atoms with Gasteiger partial charge in [0.25, 0.3) is 0 Å². The molecular formula is C45H62N2O14. The molecule has 0 aliphatic rings. The molecule has 0 N–H and O–H groups in total. The molecule has 336 valence electrons. The van der Waals surface area contributed by atoms with E-state index in [-0.39, 0.29) is 80.7 Å². The first-order chi connectivity index (χ1) is 28.1. The van der Waals surface area contributed by atoms with Gasteiger partial charge in [-0.3, -0.25) is 33.8 Å². The van der Waals surface area contributed by atoms with Crippen molar-refractivity contribution in [3.05, 3.63) is 64.0 Å². The average Bonchev–Trinajstić information content (AvgIpc) is 3.07. The molecule has 0 radical (unpaired) electrons. The fourth-order valence-corrected chi connectivity index (χ4v) is 5.64. The summed E-state index contributed by atoms with van der Waals surface area (Å²) in [5.74, 6) is -2.16. The Bertz CT molecular complexity index is 2020. The Balaban J connectivity index is 1.94. The lowest BCUT2D eigenvalue weighted by molar-refractivity contribution is -0.162. The predicted octanol–water partition coefficient (Wildman–Crippen LogP) is 5.76. The van der Waals surface area contributed by atoms with Gasteiger partial charge in [-0.1, -0.05) is 0 Å². The summed E-state index contributed by atoms with van der Waals surface area (Å²) in [5.41, 5.74) is -3.83. The maximum Gasteiger partial charge on any atom is 0.347 e. The molecule has 0 spiro atoms. The van der Waals surface area contributed by atoms with Crippen LogP contribution in [0.4, 0.5) is 0 Å². The predicted molar refractivity (Wildman–Crippen MR) is 226 cm³/mol. The highest BCUT2D eigenvalue weighted by atomic mass is 16.6. The molecule has 1 heterocycles. The van der Waals surface area contributed by atoms with E-state index in [0.717, 1.165) is 0 Å². The largest absolute Gasteiger partial charge is 0.497 e. The lowest BCUT2D eigenvalue weighted by Gasteiger charge is -2.27. The number of fused-ring (bicyclic) bond motifs is 1. The molecule has 0 saturated carbocycles. The van der Waals surface area contributed by atoms with E-state index in [1.54, 1.807) is 101 Å². The van der Waals surface area contributed by atoms with Gasteiger partial charge in [0.1, 0.15) is 52.5 Å². The Hall–Kier alpha value is -5.48. The number of benzene rings is 2. The zero-order valence-corrected chi connectivity index (χ0v) is 37.8. The standard InChI is InChI=1S/C45H62N2O14/c1-42(2,3)58-36(48)25-46(26-37(49)59-43(4,5)6)18-20-55-33-17-15-30(40(52)32-22-29-14-16-31(54-13)24-34(29)57-41(32)53)23-35(33)56-21-19-47(27-38(50)60-44(7,8)9)28-39(51)61-45(10,11)12/h14-17,22-24H,18-21,25-28H2,1-13H3. The Kier molecular flexibility index (Phi) is 17.1. The number of esters is 4. The second-order valence-corrected chi connectivity index (χ2v) is 18.3. The van der Waals surface area contributed by atoms with Gasteiger partial charge in [0.15, 0.2) is 11.5 Å². The monoisotopic (exact) mass is 854 g/mol. The van der Waals surface area contributed by atoms with Crippen LogP contribution in [0.3, 0.4) is 0 Å². The van der Waals surface area contributed by atoms with E-state index in [1.165, 1.54) is 41.2 Å². The molecule has 0 atom stereocenters. The minimum absolute atomic E-state index is 0.0351. The van der Waals surface area contributed by atoms with Gasteiger partial charge >= 0.3 is 29.5 Å². The third kappa shape index (κ3) is 18.4. The van der Waals surface area contributed by atoms with Crippen molar-refractivity contribution in [1.82, 2.24) is 9.80 Å². The number of rotatable bonds is 19. The quantitative estimate of drug-likeness (QED) is 0.0612. The van der Waals surface area contributed by atoms with E-state index in [2.05, 4.69) is 0 Å². The number of methoxy groups -OCH3 is 1. The molecule has 0 fully saturated rings. The third-order valence-electron chi connectivity index (χ3n) is 7.81. The minimum atomic E-state index is -0.858. The summed E-state index contributed by atoms with van der Waals surface area (Å²) in [4.78, 5) is 81.3. The molecule has 0 amide bonds. The van der Waals surface area contributed by atoms with Crippen molar-refractivity contribution in [1.29, 1.82) is 0 Å². The molecule has 16 heteroatoms. The van der Waals surface area contributed by atoms with Gasteiger partial charge in [0.2, 0.25) is 5.78 Å². The maximum atomic E-state index is 13.9. The smallest absolute Gasteiger partial charge is 0.347 e. The van der Waals surface area contributed by atoms with Crippen molar-refractivity contribution in [2.24, 2.45) is 0 Å². The van der Waals surface area contributed by atoms with Gasteiger partial charge in [0, 0.05) is 30.1 Å². The number of hydrogen-bond acceptors (Lipinski definition) is 16.